The van der Waals surface area contributed by atoms with Crippen LogP contribution in [0, 0.1) is 16.7 Å². The van der Waals surface area contributed by atoms with Gasteiger partial charge in [0, 0.05) is 25.3 Å². The summed E-state index contributed by atoms with van der Waals surface area (Å²) in [6.45, 7) is 16.5. The lowest BCUT2D eigenvalue weighted by Crippen LogP contribution is -2.38. The fourth-order valence-corrected chi connectivity index (χ4v) is 6.45. The van der Waals surface area contributed by atoms with Gasteiger partial charge in [-0.1, -0.05) is 99.8 Å². The highest BCUT2D eigenvalue weighted by molar-refractivity contribution is 7.97. The lowest BCUT2D eigenvalue weighted by molar-refractivity contribution is 0.151. The van der Waals surface area contributed by atoms with E-state index in [1.165, 1.54) is 62.3 Å². The van der Waals surface area contributed by atoms with Gasteiger partial charge in [0.25, 0.3) is 0 Å². The molecule has 1 heterocycles. The molecule has 0 saturated carbocycles. The Hall–Kier alpha value is -1.44. The Morgan fingerprint density at radius 2 is 1.76 bits per heavy atom. The number of unbranched alkanes of at least 4 members (excludes halogenated alkanes) is 2. The van der Waals surface area contributed by atoms with Crippen molar-refractivity contribution in [2.45, 2.75) is 124 Å². The molecule has 1 fully saturated rings. The van der Waals surface area contributed by atoms with Crippen LogP contribution in [0.3, 0.4) is 0 Å². The van der Waals surface area contributed by atoms with Crippen molar-refractivity contribution in [2.24, 2.45) is 17.0 Å². The largest absolute Gasteiger partial charge is 0.499 e. The monoisotopic (exact) mass is 595 g/mol. The molecule has 0 spiro atoms. The molecule has 5 nitrogen and oxygen atoms in total. The Bertz CT molecular complexity index is 738. The van der Waals surface area contributed by atoms with Crippen LogP contribution in [0.15, 0.2) is 53.1 Å². The van der Waals surface area contributed by atoms with Crippen molar-refractivity contribution in [1.29, 1.82) is 0 Å². The molecule has 0 aromatic heterocycles. The summed E-state index contributed by atoms with van der Waals surface area (Å²) >= 11 is 1.42. The van der Waals surface area contributed by atoms with E-state index in [1.807, 2.05) is 26.0 Å². The molecule has 1 saturated heterocycles. The topological polar surface area (TPSA) is 45.1 Å². The van der Waals surface area contributed by atoms with Crippen molar-refractivity contribution >= 4 is 11.9 Å². The zero-order chi connectivity index (χ0) is 30.7. The molecule has 0 N–H and O–H groups in total. The van der Waals surface area contributed by atoms with E-state index in [0.29, 0.717) is 29.9 Å². The van der Waals surface area contributed by atoms with Gasteiger partial charge in [-0.05, 0) is 94.9 Å². The molecular weight excluding hydrogens is 533 g/mol. The smallest absolute Gasteiger partial charge is 0.123 e. The van der Waals surface area contributed by atoms with E-state index in [2.05, 4.69) is 56.0 Å². The van der Waals surface area contributed by atoms with E-state index in [1.54, 1.807) is 7.05 Å². The fourth-order valence-electron chi connectivity index (χ4n) is 5.28. The minimum absolute atomic E-state index is 0.376. The van der Waals surface area contributed by atoms with Gasteiger partial charge >= 0.3 is 0 Å². The molecule has 0 aromatic carbocycles. The molecule has 0 radical (unpaired) electrons. The highest BCUT2D eigenvalue weighted by atomic mass is 32.2. The first kappa shape index (κ1) is 39.6. The summed E-state index contributed by atoms with van der Waals surface area (Å²) in [5.74, 6) is 1.31. The second-order valence-corrected chi connectivity index (χ2v) is 12.5. The normalized spacial score (nSPS) is 16.5. The van der Waals surface area contributed by atoms with Gasteiger partial charge in [-0.2, -0.15) is 0 Å². The molecule has 0 bridgehead atoms. The SMILES string of the molecule is C/C=C\C(C)=C/CC.C/C=C\C/C(=C/OCCCN1CCC(C(CC(CCCC)CCCC)SN(C)F)CC1)N=O. The number of nitroso groups, excluding NO2 is 1. The summed E-state index contributed by atoms with van der Waals surface area (Å²) in [6.07, 6.45) is 25.3. The van der Waals surface area contributed by atoms with Crippen molar-refractivity contribution in [2.75, 3.05) is 33.3 Å². The second kappa shape index (κ2) is 27.4. The van der Waals surface area contributed by atoms with Crippen molar-refractivity contribution in [3.05, 3.63) is 52.8 Å². The van der Waals surface area contributed by atoms with E-state index in [9.17, 15) is 9.39 Å². The van der Waals surface area contributed by atoms with E-state index >= 15 is 0 Å². The van der Waals surface area contributed by atoms with Crippen LogP contribution in [0.1, 0.15) is 119 Å². The van der Waals surface area contributed by atoms with Gasteiger partial charge in [0.05, 0.1) is 6.61 Å². The molecule has 1 aliphatic rings. The van der Waals surface area contributed by atoms with Gasteiger partial charge in [-0.15, -0.1) is 9.39 Å². The summed E-state index contributed by atoms with van der Waals surface area (Å²) < 4.78 is 20.2. The molecule has 1 atom stereocenters. The molecule has 1 aliphatic heterocycles. The van der Waals surface area contributed by atoms with Crippen molar-refractivity contribution in [1.82, 2.24) is 9.43 Å². The first-order valence-corrected chi connectivity index (χ1v) is 17.0. The number of hydrogen-bond acceptors (Lipinski definition) is 6. The number of allylic oxidation sites excluding steroid dienone is 6. The van der Waals surface area contributed by atoms with Gasteiger partial charge in [0.1, 0.15) is 12.0 Å². The Labute approximate surface area is 257 Å². The van der Waals surface area contributed by atoms with Crippen molar-refractivity contribution in [3.8, 4) is 0 Å². The maximum atomic E-state index is 13.9. The third-order valence-corrected chi connectivity index (χ3v) is 8.67. The van der Waals surface area contributed by atoms with Gasteiger partial charge in [-0.25, -0.2) is 0 Å². The number of halogens is 1. The molecule has 0 amide bonds. The summed E-state index contributed by atoms with van der Waals surface area (Å²) in [5.41, 5.74) is 1.78. The number of hydrogen-bond donors (Lipinski definition) is 0. The molecule has 238 valence electrons. The lowest BCUT2D eigenvalue weighted by Gasteiger charge is -2.37. The highest BCUT2D eigenvalue weighted by Gasteiger charge is 2.30. The highest BCUT2D eigenvalue weighted by Crippen LogP contribution is 2.37. The standard InChI is InChI=1S/C26H48FN3O2S.C8H14/c1-5-8-12-23(13-9-6-2)21-26(33-29(4)27)24-15-18-30(19-16-24)17-11-20-32-22-25(28-31)14-10-7-3;1-4-6-8(3)7-5-2/h7,10,22-24,26H,5-6,8-9,11-21H2,1-4H3;4,6-7H,5H2,1-3H3/b10-7-,25-22-;6-4-,8-7-. The van der Waals surface area contributed by atoms with Crippen LogP contribution in [0.4, 0.5) is 4.48 Å². The summed E-state index contributed by atoms with van der Waals surface area (Å²) in [7, 11) is 1.54. The average Bonchev–Trinajstić information content (AvgIpc) is 2.96. The van der Waals surface area contributed by atoms with Crippen molar-refractivity contribution in [3.63, 3.8) is 0 Å². The zero-order valence-electron chi connectivity index (χ0n) is 27.5. The minimum Gasteiger partial charge on any atom is -0.499 e. The van der Waals surface area contributed by atoms with Gasteiger partial charge in [0.2, 0.25) is 0 Å². The molecule has 41 heavy (non-hydrogen) atoms. The van der Waals surface area contributed by atoms with Crippen LogP contribution in [-0.2, 0) is 4.74 Å². The fraction of sp³-hybridized carbons (Fsp3) is 0.765. The molecule has 1 rings (SSSR count). The molecule has 0 aliphatic carbocycles. The Morgan fingerprint density at radius 1 is 1.10 bits per heavy atom. The van der Waals surface area contributed by atoms with Gasteiger partial charge < -0.3 is 9.64 Å². The van der Waals surface area contributed by atoms with E-state index in [-0.39, 0.29) is 0 Å². The second-order valence-electron chi connectivity index (χ2n) is 11.2. The number of likely N-dealkylation sites (tertiary alicyclic amines) is 1. The average molecular weight is 596 g/mol. The van der Waals surface area contributed by atoms with Crippen LogP contribution in [0.2, 0.25) is 0 Å². The van der Waals surface area contributed by atoms with Gasteiger partial charge in [-0.3, -0.25) is 0 Å². The Balaban J connectivity index is 0.00000173. The summed E-state index contributed by atoms with van der Waals surface area (Å²) in [5, 5.41) is 3.38. The predicted octanol–water partition coefficient (Wildman–Crippen LogP) is 10.8. The van der Waals surface area contributed by atoms with E-state index < -0.39 is 0 Å². The van der Waals surface area contributed by atoms with Crippen LogP contribution >= 0.6 is 11.9 Å². The maximum Gasteiger partial charge on any atom is 0.123 e. The van der Waals surface area contributed by atoms with E-state index in [0.717, 1.165) is 62.2 Å². The third-order valence-electron chi connectivity index (χ3n) is 7.53. The molecule has 1 unspecified atom stereocenters. The van der Waals surface area contributed by atoms with Crippen LogP contribution in [0.25, 0.3) is 0 Å². The first-order chi connectivity index (χ1) is 19.8. The van der Waals surface area contributed by atoms with Crippen LogP contribution in [-0.4, -0.2) is 48.0 Å². The predicted molar refractivity (Wildman–Crippen MR) is 179 cm³/mol. The number of ether oxygens (including phenoxy) is 1. The third kappa shape index (κ3) is 21.9. The molecule has 7 heteroatoms. The molecule has 0 aromatic rings. The summed E-state index contributed by atoms with van der Waals surface area (Å²) in [4.78, 5) is 13.3. The Kier molecular flexibility index (Phi) is 26.4. The number of nitrogens with zero attached hydrogens (tertiary/aromatic N) is 3. The Morgan fingerprint density at radius 3 is 2.27 bits per heavy atom. The first-order valence-electron chi connectivity index (χ1n) is 16.2. The van der Waals surface area contributed by atoms with Crippen molar-refractivity contribution < 1.29 is 9.22 Å². The molecular formula is C34H62FN3O2S. The number of piperidine rings is 1. The van der Waals surface area contributed by atoms with Crippen LogP contribution in [0.5, 0.6) is 0 Å². The quantitative estimate of drug-likeness (QED) is 0.0251. The van der Waals surface area contributed by atoms with Gasteiger partial charge in [0.15, 0.2) is 0 Å². The number of rotatable bonds is 21. The maximum absolute atomic E-state index is 13.9. The summed E-state index contributed by atoms with van der Waals surface area (Å²) in [6, 6.07) is 0. The minimum atomic E-state index is 0.376. The van der Waals surface area contributed by atoms with Crippen LogP contribution < -0.4 is 0 Å². The van der Waals surface area contributed by atoms with E-state index in [4.69, 9.17) is 4.74 Å². The lowest BCUT2D eigenvalue weighted by atomic mass is 9.84. The zero-order valence-corrected chi connectivity index (χ0v) is 28.3.